The first kappa shape index (κ1) is 18.9. The fourth-order valence-electron chi connectivity index (χ4n) is 3.01. The van der Waals surface area contributed by atoms with E-state index >= 15 is 0 Å². The number of anilines is 2. The lowest BCUT2D eigenvalue weighted by molar-refractivity contribution is 0.306. The van der Waals surface area contributed by atoms with Crippen molar-refractivity contribution in [3.05, 3.63) is 30.0 Å². The van der Waals surface area contributed by atoms with Gasteiger partial charge in [-0.15, -0.1) is 11.8 Å². The second-order valence-corrected chi connectivity index (χ2v) is 7.56. The van der Waals surface area contributed by atoms with Crippen LogP contribution >= 0.6 is 11.8 Å². The Morgan fingerprint density at radius 3 is 3.12 bits per heavy atom. The van der Waals surface area contributed by atoms with Crippen LogP contribution < -0.4 is 20.8 Å². The third kappa shape index (κ3) is 4.84. The van der Waals surface area contributed by atoms with Crippen molar-refractivity contribution in [2.24, 2.45) is 0 Å². The molecule has 7 heteroatoms. The molecule has 2 aromatic rings. The number of ether oxygens (including phenoxy) is 1. The largest absolute Gasteiger partial charge is 0.483 e. The van der Waals surface area contributed by atoms with Gasteiger partial charge >= 0.3 is 0 Å². The van der Waals surface area contributed by atoms with E-state index in [0.717, 1.165) is 32.5 Å². The summed E-state index contributed by atoms with van der Waals surface area (Å²) < 4.78 is 6.14. The highest BCUT2D eigenvalue weighted by Crippen LogP contribution is 2.25. The Morgan fingerprint density at radius 2 is 2.27 bits per heavy atom. The first-order valence-corrected chi connectivity index (χ1v) is 10.5. The van der Waals surface area contributed by atoms with Gasteiger partial charge in [0.2, 0.25) is 5.95 Å². The lowest BCUT2D eigenvalue weighted by Crippen LogP contribution is -2.22. The summed E-state index contributed by atoms with van der Waals surface area (Å²) in [6, 6.07) is 6.55. The van der Waals surface area contributed by atoms with E-state index in [1.165, 1.54) is 34.4 Å². The minimum Gasteiger partial charge on any atom is -0.483 e. The average molecular weight is 370 g/mol. The van der Waals surface area contributed by atoms with E-state index in [1.807, 2.05) is 18.8 Å². The van der Waals surface area contributed by atoms with Crippen molar-refractivity contribution in [3.8, 4) is 5.75 Å². The maximum Gasteiger partial charge on any atom is 0.224 e. The van der Waals surface area contributed by atoms with Crippen molar-refractivity contribution in [3.63, 3.8) is 0 Å². The number of nitrogens with zero attached hydrogens (tertiary/aromatic N) is 2. The number of fused-ring (bicyclic) bond motifs is 1. The van der Waals surface area contributed by atoms with Gasteiger partial charge in [0.05, 0.1) is 6.20 Å². The van der Waals surface area contributed by atoms with Crippen LogP contribution in [0, 0.1) is 0 Å². The summed E-state index contributed by atoms with van der Waals surface area (Å²) in [4.78, 5) is 10.2. The van der Waals surface area contributed by atoms with Crippen LogP contribution in [0.3, 0.4) is 0 Å². The molecule has 0 bridgehead atoms. The van der Waals surface area contributed by atoms with Crippen molar-refractivity contribution >= 4 is 36.3 Å². The van der Waals surface area contributed by atoms with Gasteiger partial charge in [-0.05, 0) is 23.8 Å². The maximum atomic E-state index is 6.14. The molecule has 138 valence electrons. The molecule has 0 saturated carbocycles. The van der Waals surface area contributed by atoms with E-state index in [9.17, 15) is 0 Å². The summed E-state index contributed by atoms with van der Waals surface area (Å²) in [5, 5.41) is 6.36. The van der Waals surface area contributed by atoms with Gasteiger partial charge in [0.1, 0.15) is 6.61 Å². The smallest absolute Gasteiger partial charge is 0.224 e. The molecule has 0 amide bonds. The van der Waals surface area contributed by atoms with E-state index < -0.39 is 0 Å². The number of rotatable bonds is 8. The Kier molecular flexibility index (Phi) is 7.06. The lowest BCUT2D eigenvalue weighted by Gasteiger charge is -2.15. The monoisotopic (exact) mass is 370 g/mol. The molecule has 0 spiro atoms. The Labute approximate surface area is 161 Å². The van der Waals surface area contributed by atoms with Crippen molar-refractivity contribution < 1.29 is 4.74 Å². The van der Waals surface area contributed by atoms with Crippen LogP contribution in [0.25, 0.3) is 0 Å². The molecule has 0 radical (unpaired) electrons. The fourth-order valence-corrected chi connectivity index (χ4v) is 4.16. The standard InChI is InChI=1S/C19H27BN4OS/c1-3-4-10-22-18-15(12-23-19(21-2)24-18)25-13-14-7-5-8-16-17(14)20-9-6-11-26-16/h5,7-8,12,20H,3-4,6,9-11,13H2,1-2H3,(H2,21,22,23,24). The Balaban J connectivity index is 1.75. The van der Waals surface area contributed by atoms with Crippen LogP contribution in [-0.2, 0) is 6.61 Å². The summed E-state index contributed by atoms with van der Waals surface area (Å²) in [6.45, 7) is 3.61. The number of aromatic nitrogens is 2. The van der Waals surface area contributed by atoms with Gasteiger partial charge < -0.3 is 15.4 Å². The Hall–Kier alpha value is -1.89. The second-order valence-electron chi connectivity index (χ2n) is 6.42. The van der Waals surface area contributed by atoms with Crippen molar-refractivity contribution in [2.45, 2.75) is 44.0 Å². The quantitative estimate of drug-likeness (QED) is 0.549. The van der Waals surface area contributed by atoms with Crippen LogP contribution in [0.15, 0.2) is 29.3 Å². The molecule has 3 rings (SSSR count). The first-order chi connectivity index (χ1) is 12.8. The van der Waals surface area contributed by atoms with Crippen LogP contribution in [0.5, 0.6) is 5.75 Å². The molecule has 0 atom stereocenters. The highest BCUT2D eigenvalue weighted by atomic mass is 32.2. The van der Waals surface area contributed by atoms with E-state index in [0.29, 0.717) is 18.3 Å². The second kappa shape index (κ2) is 9.71. The lowest BCUT2D eigenvalue weighted by atomic mass is 9.65. The molecule has 1 aliphatic rings. The molecule has 1 aromatic carbocycles. The van der Waals surface area contributed by atoms with E-state index in [4.69, 9.17) is 4.74 Å². The maximum absolute atomic E-state index is 6.14. The van der Waals surface area contributed by atoms with Crippen molar-refractivity contribution in [1.82, 2.24) is 9.97 Å². The minimum atomic E-state index is 0.550. The molecule has 0 unspecified atom stereocenters. The molecular formula is C19H27BN4OS. The molecule has 2 N–H and O–H groups in total. The molecule has 2 heterocycles. The molecule has 5 nitrogen and oxygen atoms in total. The summed E-state index contributed by atoms with van der Waals surface area (Å²) in [5.74, 6) is 3.27. The molecule has 0 fully saturated rings. The van der Waals surface area contributed by atoms with Crippen LogP contribution in [0.2, 0.25) is 6.32 Å². The van der Waals surface area contributed by atoms with E-state index in [1.54, 1.807) is 6.20 Å². The van der Waals surface area contributed by atoms with Gasteiger partial charge in [0.25, 0.3) is 0 Å². The Bertz CT molecular complexity index is 729. The number of benzene rings is 1. The van der Waals surface area contributed by atoms with Crippen molar-refractivity contribution in [2.75, 3.05) is 30.0 Å². The normalized spacial score (nSPS) is 13.3. The zero-order valence-corrected chi connectivity index (χ0v) is 16.5. The van der Waals surface area contributed by atoms with Gasteiger partial charge in [-0.25, -0.2) is 4.98 Å². The molecule has 1 aromatic heterocycles. The van der Waals surface area contributed by atoms with Crippen LogP contribution in [0.4, 0.5) is 11.8 Å². The topological polar surface area (TPSA) is 59.1 Å². The predicted molar refractivity (Wildman–Crippen MR) is 113 cm³/mol. The zero-order chi connectivity index (χ0) is 18.2. The SMILES string of the molecule is CCCCNc1nc(NC)ncc1OCc1cccc2c1BCCCS2. The zero-order valence-electron chi connectivity index (χ0n) is 15.7. The van der Waals surface area contributed by atoms with Crippen molar-refractivity contribution in [1.29, 1.82) is 0 Å². The number of thioether (sulfide) groups is 1. The average Bonchev–Trinajstić information content (AvgIpc) is 2.93. The molecule has 1 aliphatic heterocycles. The summed E-state index contributed by atoms with van der Waals surface area (Å²) in [5.41, 5.74) is 2.72. The summed E-state index contributed by atoms with van der Waals surface area (Å²) in [7, 11) is 2.96. The van der Waals surface area contributed by atoms with Gasteiger partial charge in [-0.1, -0.05) is 43.7 Å². The molecule has 26 heavy (non-hydrogen) atoms. The minimum absolute atomic E-state index is 0.550. The highest BCUT2D eigenvalue weighted by Gasteiger charge is 2.15. The van der Waals surface area contributed by atoms with Gasteiger partial charge in [0.15, 0.2) is 18.8 Å². The molecule has 0 saturated heterocycles. The number of nitrogens with one attached hydrogen (secondary N) is 2. The van der Waals surface area contributed by atoms with Crippen LogP contribution in [0.1, 0.15) is 31.7 Å². The van der Waals surface area contributed by atoms with Crippen LogP contribution in [-0.4, -0.2) is 36.6 Å². The molecule has 0 aliphatic carbocycles. The van der Waals surface area contributed by atoms with Gasteiger partial charge in [0, 0.05) is 18.5 Å². The number of hydrogen-bond acceptors (Lipinski definition) is 6. The number of hydrogen-bond donors (Lipinski definition) is 2. The fraction of sp³-hybridized carbons (Fsp3) is 0.474. The number of unbranched alkanes of at least 4 members (excludes halogenated alkanes) is 1. The summed E-state index contributed by atoms with van der Waals surface area (Å²) in [6.07, 6.45) is 6.53. The van der Waals surface area contributed by atoms with Gasteiger partial charge in [-0.3, -0.25) is 0 Å². The third-order valence-corrected chi connectivity index (χ3v) is 5.68. The van der Waals surface area contributed by atoms with E-state index in [-0.39, 0.29) is 0 Å². The predicted octanol–water partition coefficient (Wildman–Crippen LogP) is 3.29. The third-order valence-electron chi connectivity index (χ3n) is 4.49. The van der Waals surface area contributed by atoms with Gasteiger partial charge in [-0.2, -0.15) is 4.98 Å². The Morgan fingerprint density at radius 1 is 1.35 bits per heavy atom. The van der Waals surface area contributed by atoms with E-state index in [2.05, 4.69) is 45.7 Å². The first-order valence-electron chi connectivity index (χ1n) is 9.47. The highest BCUT2D eigenvalue weighted by molar-refractivity contribution is 7.99. The molecular weight excluding hydrogens is 343 g/mol. The summed E-state index contributed by atoms with van der Waals surface area (Å²) >= 11 is 1.97.